The third-order valence-electron chi connectivity index (χ3n) is 4.20. The molecule has 4 heteroatoms. The Hall–Kier alpha value is -2.33. The summed E-state index contributed by atoms with van der Waals surface area (Å²) in [6.45, 7) is 6.90. The molecular formula is C20H24N2O2. The first-order chi connectivity index (χ1) is 11.6. The van der Waals surface area contributed by atoms with Gasteiger partial charge >= 0.3 is 0 Å². The number of aliphatic hydroxyl groups excluding tert-OH is 1. The van der Waals surface area contributed by atoms with Crippen molar-refractivity contribution in [3.8, 4) is 5.75 Å². The molecule has 0 bridgehead atoms. The van der Waals surface area contributed by atoms with Crippen molar-refractivity contribution in [3.63, 3.8) is 0 Å². The van der Waals surface area contributed by atoms with E-state index in [2.05, 4.69) is 29.5 Å². The number of hydrogen-bond donors (Lipinski definition) is 1. The molecule has 0 unspecified atom stereocenters. The molecule has 0 amide bonds. The number of hydrogen-bond acceptors (Lipinski definition) is 3. The number of fused-ring (bicyclic) bond motifs is 1. The zero-order valence-corrected chi connectivity index (χ0v) is 14.5. The maximum Gasteiger partial charge on any atom is 0.122 e. The molecule has 0 spiro atoms. The van der Waals surface area contributed by atoms with E-state index in [9.17, 15) is 5.11 Å². The summed E-state index contributed by atoms with van der Waals surface area (Å²) >= 11 is 0. The smallest absolute Gasteiger partial charge is 0.122 e. The number of para-hydroxylation sites is 2. The van der Waals surface area contributed by atoms with Crippen LogP contribution < -0.4 is 4.74 Å². The lowest BCUT2D eigenvalue weighted by Gasteiger charge is -2.16. The lowest BCUT2D eigenvalue weighted by molar-refractivity contribution is 0.0924. The molecule has 0 aliphatic heterocycles. The van der Waals surface area contributed by atoms with E-state index in [-0.39, 0.29) is 6.61 Å². The van der Waals surface area contributed by atoms with E-state index in [1.807, 2.05) is 43.3 Å². The fourth-order valence-corrected chi connectivity index (χ4v) is 3.01. The van der Waals surface area contributed by atoms with Crippen molar-refractivity contribution in [2.45, 2.75) is 39.8 Å². The van der Waals surface area contributed by atoms with Crippen LogP contribution in [0, 0.1) is 13.8 Å². The molecule has 0 fully saturated rings. The first-order valence-electron chi connectivity index (χ1n) is 8.40. The quantitative estimate of drug-likeness (QED) is 0.753. The Balaban J connectivity index is 1.72. The third-order valence-corrected chi connectivity index (χ3v) is 4.20. The summed E-state index contributed by atoms with van der Waals surface area (Å²) in [6.07, 6.45) is 0.243. The molecule has 1 atom stereocenters. The molecule has 24 heavy (non-hydrogen) atoms. The maximum atomic E-state index is 10.4. The number of imidazole rings is 1. The number of ether oxygens (including phenoxy) is 1. The van der Waals surface area contributed by atoms with Crippen molar-refractivity contribution in [2.75, 3.05) is 6.61 Å². The Kier molecular flexibility index (Phi) is 4.86. The van der Waals surface area contributed by atoms with Crippen LogP contribution in [0.3, 0.4) is 0 Å². The molecule has 2 aromatic carbocycles. The SMILES string of the molecule is CCc1nc2ccccc2n1C[C@@H](O)COc1ccc(C)cc1C. The van der Waals surface area contributed by atoms with Gasteiger partial charge in [-0.25, -0.2) is 4.98 Å². The lowest BCUT2D eigenvalue weighted by atomic mass is 10.1. The van der Waals surface area contributed by atoms with E-state index in [4.69, 9.17) is 4.74 Å². The zero-order valence-electron chi connectivity index (χ0n) is 14.5. The predicted octanol–water partition coefficient (Wildman–Crippen LogP) is 3.66. The molecule has 0 aliphatic carbocycles. The summed E-state index contributed by atoms with van der Waals surface area (Å²) in [7, 11) is 0. The Morgan fingerprint density at radius 3 is 2.71 bits per heavy atom. The normalized spacial score (nSPS) is 12.5. The Bertz CT molecular complexity index is 839. The second kappa shape index (κ2) is 7.05. The predicted molar refractivity (Wildman–Crippen MR) is 96.5 cm³/mol. The molecule has 3 rings (SSSR count). The van der Waals surface area contributed by atoms with Gasteiger partial charge in [0.2, 0.25) is 0 Å². The highest BCUT2D eigenvalue weighted by Crippen LogP contribution is 2.20. The van der Waals surface area contributed by atoms with Gasteiger partial charge in [0, 0.05) is 6.42 Å². The van der Waals surface area contributed by atoms with Crippen LogP contribution in [0.4, 0.5) is 0 Å². The number of rotatable bonds is 6. The van der Waals surface area contributed by atoms with Gasteiger partial charge in [-0.2, -0.15) is 0 Å². The van der Waals surface area contributed by atoms with Gasteiger partial charge in [0.1, 0.15) is 24.3 Å². The minimum atomic E-state index is -0.589. The number of aromatic nitrogens is 2. The average Bonchev–Trinajstić information content (AvgIpc) is 2.92. The number of aryl methyl sites for hydroxylation is 3. The van der Waals surface area contributed by atoms with Crippen LogP contribution in [0.5, 0.6) is 5.75 Å². The summed E-state index contributed by atoms with van der Waals surface area (Å²) in [5, 5.41) is 10.4. The standard InChI is InChI=1S/C20H24N2O2/c1-4-20-21-17-7-5-6-8-18(17)22(20)12-16(23)13-24-19-10-9-14(2)11-15(19)3/h5-11,16,23H,4,12-13H2,1-3H3/t16-/m1/s1. The molecule has 0 radical (unpaired) electrons. The first kappa shape index (κ1) is 16.5. The summed E-state index contributed by atoms with van der Waals surface area (Å²) in [6, 6.07) is 14.1. The highest BCUT2D eigenvalue weighted by atomic mass is 16.5. The molecule has 1 heterocycles. The maximum absolute atomic E-state index is 10.4. The third kappa shape index (κ3) is 3.44. The van der Waals surface area contributed by atoms with Gasteiger partial charge in [0.05, 0.1) is 17.6 Å². The van der Waals surface area contributed by atoms with E-state index in [1.165, 1.54) is 5.56 Å². The van der Waals surface area contributed by atoms with E-state index in [0.29, 0.717) is 6.54 Å². The van der Waals surface area contributed by atoms with Crippen LogP contribution in [-0.2, 0) is 13.0 Å². The molecule has 0 aliphatic rings. The minimum absolute atomic E-state index is 0.263. The molecule has 126 valence electrons. The monoisotopic (exact) mass is 324 g/mol. The summed E-state index contributed by atoms with van der Waals surface area (Å²) in [4.78, 5) is 4.64. The fraction of sp³-hybridized carbons (Fsp3) is 0.350. The molecule has 3 aromatic rings. The Morgan fingerprint density at radius 1 is 1.17 bits per heavy atom. The lowest BCUT2D eigenvalue weighted by Crippen LogP contribution is -2.24. The second-order valence-corrected chi connectivity index (χ2v) is 6.21. The Morgan fingerprint density at radius 2 is 1.96 bits per heavy atom. The largest absolute Gasteiger partial charge is 0.491 e. The van der Waals surface area contributed by atoms with Gasteiger partial charge in [0.15, 0.2) is 0 Å². The van der Waals surface area contributed by atoms with Crippen molar-refractivity contribution in [3.05, 3.63) is 59.4 Å². The molecule has 0 saturated heterocycles. The van der Waals surface area contributed by atoms with Crippen LogP contribution in [-0.4, -0.2) is 27.4 Å². The molecule has 1 aromatic heterocycles. The average molecular weight is 324 g/mol. The van der Waals surface area contributed by atoms with Crippen LogP contribution in [0.1, 0.15) is 23.9 Å². The van der Waals surface area contributed by atoms with Crippen molar-refractivity contribution in [2.24, 2.45) is 0 Å². The minimum Gasteiger partial charge on any atom is -0.491 e. The highest BCUT2D eigenvalue weighted by Gasteiger charge is 2.14. The van der Waals surface area contributed by atoms with Crippen LogP contribution in [0.15, 0.2) is 42.5 Å². The topological polar surface area (TPSA) is 47.3 Å². The molecule has 4 nitrogen and oxygen atoms in total. The van der Waals surface area contributed by atoms with Crippen molar-refractivity contribution in [1.29, 1.82) is 0 Å². The van der Waals surface area contributed by atoms with Gasteiger partial charge in [0.25, 0.3) is 0 Å². The second-order valence-electron chi connectivity index (χ2n) is 6.21. The van der Waals surface area contributed by atoms with Gasteiger partial charge in [-0.1, -0.05) is 36.8 Å². The zero-order chi connectivity index (χ0) is 17.1. The van der Waals surface area contributed by atoms with Gasteiger partial charge in [-0.15, -0.1) is 0 Å². The van der Waals surface area contributed by atoms with Crippen LogP contribution in [0.2, 0.25) is 0 Å². The number of nitrogens with zero attached hydrogens (tertiary/aromatic N) is 2. The van der Waals surface area contributed by atoms with Crippen LogP contribution >= 0.6 is 0 Å². The van der Waals surface area contributed by atoms with Crippen LogP contribution in [0.25, 0.3) is 11.0 Å². The summed E-state index contributed by atoms with van der Waals surface area (Å²) < 4.78 is 7.89. The van der Waals surface area contributed by atoms with Crippen molar-refractivity contribution < 1.29 is 9.84 Å². The van der Waals surface area contributed by atoms with E-state index in [0.717, 1.165) is 34.6 Å². The molecular weight excluding hydrogens is 300 g/mol. The summed E-state index contributed by atoms with van der Waals surface area (Å²) in [5.41, 5.74) is 4.32. The Labute approximate surface area is 142 Å². The van der Waals surface area contributed by atoms with E-state index in [1.54, 1.807) is 0 Å². The number of benzene rings is 2. The van der Waals surface area contributed by atoms with Gasteiger partial charge in [-0.3, -0.25) is 0 Å². The molecule has 0 saturated carbocycles. The van der Waals surface area contributed by atoms with E-state index < -0.39 is 6.10 Å². The van der Waals surface area contributed by atoms with Crippen molar-refractivity contribution in [1.82, 2.24) is 9.55 Å². The highest BCUT2D eigenvalue weighted by molar-refractivity contribution is 5.75. The summed E-state index contributed by atoms with van der Waals surface area (Å²) in [5.74, 6) is 1.81. The van der Waals surface area contributed by atoms with Gasteiger partial charge in [-0.05, 0) is 37.6 Å². The first-order valence-corrected chi connectivity index (χ1v) is 8.40. The van der Waals surface area contributed by atoms with E-state index >= 15 is 0 Å². The van der Waals surface area contributed by atoms with Gasteiger partial charge < -0.3 is 14.4 Å². The number of aliphatic hydroxyl groups is 1. The molecule has 1 N–H and O–H groups in total. The fourth-order valence-electron chi connectivity index (χ4n) is 3.01. The van der Waals surface area contributed by atoms with Crippen molar-refractivity contribution >= 4 is 11.0 Å².